The Labute approximate surface area is 162 Å². The number of hydrogen-bond donors (Lipinski definition) is 0. The number of hydrogen-bond acceptors (Lipinski definition) is 0. The molecule has 0 amide bonds. The van der Waals surface area contributed by atoms with Crippen molar-refractivity contribution in [3.05, 3.63) is 65.2 Å². The maximum atomic E-state index is 14.2. The summed E-state index contributed by atoms with van der Waals surface area (Å²) in [4.78, 5) is 0. The van der Waals surface area contributed by atoms with Gasteiger partial charge in [0.05, 0.1) is 0 Å². The molecule has 0 unspecified atom stereocenters. The Bertz CT molecular complexity index is 802. The molecule has 1 aliphatic rings. The quantitative estimate of drug-likeness (QED) is 0.463. The van der Waals surface area contributed by atoms with Crippen LogP contribution in [-0.2, 0) is 0 Å². The molecule has 3 rings (SSSR count). The van der Waals surface area contributed by atoms with Crippen LogP contribution in [0.3, 0.4) is 0 Å². The van der Waals surface area contributed by atoms with E-state index < -0.39 is 23.4 Å². The third kappa shape index (κ3) is 5.00. The van der Waals surface area contributed by atoms with Gasteiger partial charge in [-0.2, -0.15) is 13.2 Å². The Morgan fingerprint density at radius 1 is 0.893 bits per heavy atom. The normalized spacial score (nSPS) is 20.6. The Hall–Kier alpha value is -2.17. The molecule has 0 nitrogen and oxygen atoms in total. The maximum Gasteiger partial charge on any atom is 0.409 e. The molecule has 0 atom stereocenters. The molecule has 0 bridgehead atoms. The van der Waals surface area contributed by atoms with E-state index in [1.165, 1.54) is 24.8 Å². The van der Waals surface area contributed by atoms with Gasteiger partial charge in [-0.25, -0.2) is 8.78 Å². The van der Waals surface area contributed by atoms with Crippen molar-refractivity contribution >= 4 is 6.08 Å². The Morgan fingerprint density at radius 3 is 1.96 bits per heavy atom. The predicted molar refractivity (Wildman–Crippen MR) is 102 cm³/mol. The second kappa shape index (κ2) is 8.46. The molecule has 0 N–H and O–H groups in total. The van der Waals surface area contributed by atoms with E-state index in [0.29, 0.717) is 23.1 Å². The molecule has 1 saturated carbocycles. The van der Waals surface area contributed by atoms with Gasteiger partial charge >= 0.3 is 6.18 Å². The van der Waals surface area contributed by atoms with Crippen LogP contribution in [0.4, 0.5) is 22.0 Å². The van der Waals surface area contributed by atoms with Gasteiger partial charge in [0.2, 0.25) is 0 Å². The molecule has 5 heteroatoms. The van der Waals surface area contributed by atoms with Crippen molar-refractivity contribution in [3.63, 3.8) is 0 Å². The van der Waals surface area contributed by atoms with E-state index >= 15 is 0 Å². The number of rotatable bonds is 4. The molecule has 2 aromatic carbocycles. The zero-order chi connectivity index (χ0) is 20.3. The summed E-state index contributed by atoms with van der Waals surface area (Å²) in [6.07, 6.45) is 1.61. The summed E-state index contributed by atoms with van der Waals surface area (Å²) in [5.74, 6) is -0.707. The Morgan fingerprint density at radius 2 is 1.46 bits per heavy atom. The molecule has 0 aromatic heterocycles. The lowest BCUT2D eigenvalue weighted by Gasteiger charge is -2.28. The summed E-state index contributed by atoms with van der Waals surface area (Å²) in [7, 11) is 0. The highest BCUT2D eigenvalue weighted by molar-refractivity contribution is 5.67. The third-order valence-electron chi connectivity index (χ3n) is 5.66. The van der Waals surface area contributed by atoms with Gasteiger partial charge < -0.3 is 0 Å². The number of benzene rings is 2. The number of alkyl halides is 3. The summed E-state index contributed by atoms with van der Waals surface area (Å²) < 4.78 is 65.1. The fourth-order valence-corrected chi connectivity index (χ4v) is 3.94. The first-order valence-corrected chi connectivity index (χ1v) is 9.62. The van der Waals surface area contributed by atoms with Gasteiger partial charge in [0.25, 0.3) is 0 Å². The first-order valence-electron chi connectivity index (χ1n) is 9.62. The molecule has 0 saturated heterocycles. The maximum absolute atomic E-state index is 14.2. The van der Waals surface area contributed by atoms with Gasteiger partial charge in [0.1, 0.15) is 11.6 Å². The average molecular weight is 394 g/mol. The molecular weight excluding hydrogens is 371 g/mol. The molecule has 1 aliphatic carbocycles. The molecular formula is C23H23F5. The van der Waals surface area contributed by atoms with Crippen LogP contribution in [0.5, 0.6) is 0 Å². The van der Waals surface area contributed by atoms with Crippen LogP contribution < -0.4 is 0 Å². The monoisotopic (exact) mass is 394 g/mol. The van der Waals surface area contributed by atoms with Crippen molar-refractivity contribution in [2.24, 2.45) is 5.92 Å². The van der Waals surface area contributed by atoms with Crippen LogP contribution in [-0.4, -0.2) is 6.18 Å². The van der Waals surface area contributed by atoms with E-state index in [1.54, 1.807) is 0 Å². The molecule has 0 aliphatic heterocycles. The van der Waals surface area contributed by atoms with Crippen molar-refractivity contribution in [1.82, 2.24) is 0 Å². The van der Waals surface area contributed by atoms with E-state index in [9.17, 15) is 22.0 Å². The number of allylic oxidation sites excluding steroid dienone is 1. The minimum atomic E-state index is -4.62. The molecule has 28 heavy (non-hydrogen) atoms. The van der Waals surface area contributed by atoms with Gasteiger partial charge in [-0.15, -0.1) is 0 Å². The first-order chi connectivity index (χ1) is 13.3. The van der Waals surface area contributed by atoms with Crippen LogP contribution in [0.25, 0.3) is 17.2 Å². The fraction of sp³-hybridized carbons (Fsp3) is 0.391. The van der Waals surface area contributed by atoms with E-state index in [-0.39, 0.29) is 6.08 Å². The van der Waals surface area contributed by atoms with Gasteiger partial charge in [-0.05, 0) is 72.4 Å². The SMILES string of the molecule is CCC1CCC(c2ccc(-c3cc(F)c(/C=C/C(F)(F)F)c(F)c3)cc2)CC1. The second-order valence-electron chi connectivity index (χ2n) is 7.48. The highest BCUT2D eigenvalue weighted by atomic mass is 19.4. The highest BCUT2D eigenvalue weighted by Crippen LogP contribution is 2.37. The van der Waals surface area contributed by atoms with Crippen molar-refractivity contribution in [2.45, 2.75) is 51.1 Å². The van der Waals surface area contributed by atoms with Crippen LogP contribution in [0, 0.1) is 17.6 Å². The summed E-state index contributed by atoms with van der Waals surface area (Å²) in [6, 6.07) is 9.75. The van der Waals surface area contributed by atoms with Gasteiger partial charge in [0.15, 0.2) is 0 Å². The average Bonchev–Trinajstić information content (AvgIpc) is 2.66. The van der Waals surface area contributed by atoms with Crippen molar-refractivity contribution in [1.29, 1.82) is 0 Å². The first kappa shape index (κ1) is 20.6. The highest BCUT2D eigenvalue weighted by Gasteiger charge is 2.23. The lowest BCUT2D eigenvalue weighted by molar-refractivity contribution is -0.0790. The molecule has 150 valence electrons. The van der Waals surface area contributed by atoms with Crippen molar-refractivity contribution in [2.75, 3.05) is 0 Å². The van der Waals surface area contributed by atoms with Crippen molar-refractivity contribution in [3.8, 4) is 11.1 Å². The zero-order valence-corrected chi connectivity index (χ0v) is 15.7. The van der Waals surface area contributed by atoms with Gasteiger partial charge in [-0.1, -0.05) is 37.6 Å². The summed E-state index contributed by atoms with van der Waals surface area (Å²) >= 11 is 0. The van der Waals surface area contributed by atoms with Crippen LogP contribution in [0.2, 0.25) is 0 Å². The Kier molecular flexibility index (Phi) is 6.21. The van der Waals surface area contributed by atoms with Crippen LogP contribution in [0.1, 0.15) is 56.1 Å². The topological polar surface area (TPSA) is 0 Å². The van der Waals surface area contributed by atoms with Crippen LogP contribution in [0.15, 0.2) is 42.5 Å². The van der Waals surface area contributed by atoms with Crippen LogP contribution >= 0.6 is 0 Å². The van der Waals surface area contributed by atoms with Gasteiger partial charge in [-0.3, -0.25) is 0 Å². The third-order valence-corrected chi connectivity index (χ3v) is 5.66. The van der Waals surface area contributed by atoms with E-state index in [0.717, 1.165) is 30.9 Å². The van der Waals surface area contributed by atoms with Gasteiger partial charge in [0, 0.05) is 11.6 Å². The molecule has 1 fully saturated rings. The van der Waals surface area contributed by atoms with Crippen molar-refractivity contribution < 1.29 is 22.0 Å². The molecule has 0 radical (unpaired) electrons. The lowest BCUT2D eigenvalue weighted by Crippen LogP contribution is -2.12. The smallest absolute Gasteiger partial charge is 0.206 e. The largest absolute Gasteiger partial charge is 0.409 e. The number of halogens is 5. The van der Waals surface area contributed by atoms with E-state index in [2.05, 4.69) is 6.92 Å². The summed E-state index contributed by atoms with van der Waals surface area (Å²) in [6.45, 7) is 2.22. The molecule has 0 spiro atoms. The van der Waals surface area contributed by atoms with E-state index in [4.69, 9.17) is 0 Å². The summed E-state index contributed by atoms with van der Waals surface area (Å²) in [5.41, 5.74) is 1.48. The minimum Gasteiger partial charge on any atom is -0.206 e. The standard InChI is InChI=1S/C23H23F5/c1-2-15-3-5-16(6-4-15)17-7-9-18(10-8-17)19-13-21(24)20(22(25)14-19)11-12-23(26,27)28/h7-16H,2-6H2,1H3/b12-11+. The zero-order valence-electron chi connectivity index (χ0n) is 15.7. The van der Waals surface area contributed by atoms with E-state index in [1.807, 2.05) is 24.3 Å². The lowest BCUT2D eigenvalue weighted by atomic mass is 9.77. The summed E-state index contributed by atoms with van der Waals surface area (Å²) in [5, 5.41) is 0. The minimum absolute atomic E-state index is 0.170. The fourth-order valence-electron chi connectivity index (χ4n) is 3.94. The Balaban J connectivity index is 1.78. The molecule has 0 heterocycles. The molecule has 2 aromatic rings. The predicted octanol–water partition coefficient (Wildman–Crippen LogP) is 7.89. The second-order valence-corrected chi connectivity index (χ2v) is 7.48.